The fraction of sp³-hybridized carbons (Fsp3) is 0.217. The quantitative estimate of drug-likeness (QED) is 0.382. The maximum atomic E-state index is 13.5. The van der Waals surface area contributed by atoms with Gasteiger partial charge in [-0.2, -0.15) is 0 Å². The molecule has 0 unspecified atom stereocenters. The Bertz CT molecular complexity index is 1510. The molecule has 34 heavy (non-hydrogen) atoms. The zero-order valence-corrected chi connectivity index (χ0v) is 20.7. The van der Waals surface area contributed by atoms with E-state index in [9.17, 15) is 18.8 Å². The molecule has 0 bridgehead atoms. The van der Waals surface area contributed by atoms with Crippen LogP contribution in [0.3, 0.4) is 0 Å². The minimum absolute atomic E-state index is 0.0259. The molecule has 0 aliphatic carbocycles. The van der Waals surface area contributed by atoms with Crippen LogP contribution >= 0.6 is 27.3 Å². The molecule has 3 heterocycles. The Morgan fingerprint density at radius 3 is 2.76 bits per heavy atom. The summed E-state index contributed by atoms with van der Waals surface area (Å²) in [4.78, 5) is 43.5. The largest absolute Gasteiger partial charge is 0.478 e. The predicted molar refractivity (Wildman–Crippen MR) is 130 cm³/mol. The summed E-state index contributed by atoms with van der Waals surface area (Å²) in [5, 5.41) is 2.81. The van der Waals surface area contributed by atoms with Gasteiger partial charge < -0.3 is 10.1 Å². The summed E-state index contributed by atoms with van der Waals surface area (Å²) in [6.07, 6.45) is 3.03. The lowest BCUT2D eigenvalue weighted by atomic mass is 10.2. The van der Waals surface area contributed by atoms with Crippen LogP contribution in [-0.4, -0.2) is 26.5 Å². The highest BCUT2D eigenvalue weighted by atomic mass is 79.9. The number of rotatable bonds is 7. The van der Waals surface area contributed by atoms with Gasteiger partial charge in [-0.3, -0.25) is 18.6 Å². The maximum Gasteiger partial charge on any atom is 0.336 e. The van der Waals surface area contributed by atoms with Crippen molar-refractivity contribution in [2.45, 2.75) is 26.9 Å². The standard InChI is InChI=1S/C23H20BrFN4O4S/c1-3-33-19-9-14(6-7-26-19)10-27-20(30)18-12-29-22(34-18)13(2)21(31)28(23(29)32)11-15-4-5-17(25)16(24)8-15/h4-9,12H,3,10-11H2,1-2H3,(H,27,30). The van der Waals surface area contributed by atoms with E-state index in [1.54, 1.807) is 25.3 Å². The van der Waals surface area contributed by atoms with Crippen LogP contribution in [0.4, 0.5) is 4.39 Å². The number of benzene rings is 1. The number of thiazole rings is 1. The number of pyridine rings is 1. The summed E-state index contributed by atoms with van der Waals surface area (Å²) < 4.78 is 21.5. The van der Waals surface area contributed by atoms with E-state index in [0.717, 1.165) is 21.5 Å². The fourth-order valence-electron chi connectivity index (χ4n) is 3.39. The van der Waals surface area contributed by atoms with Crippen LogP contribution in [0.25, 0.3) is 4.83 Å². The van der Waals surface area contributed by atoms with Gasteiger partial charge in [0.2, 0.25) is 5.88 Å². The molecule has 8 nitrogen and oxygen atoms in total. The van der Waals surface area contributed by atoms with Crippen LogP contribution in [0, 0.1) is 12.7 Å². The van der Waals surface area contributed by atoms with E-state index >= 15 is 0 Å². The third kappa shape index (κ3) is 4.80. The highest BCUT2D eigenvalue weighted by Crippen LogP contribution is 2.20. The Labute approximate surface area is 205 Å². The van der Waals surface area contributed by atoms with E-state index in [1.807, 2.05) is 6.92 Å². The van der Waals surface area contributed by atoms with Crippen molar-refractivity contribution in [2.24, 2.45) is 0 Å². The number of aromatic nitrogens is 3. The summed E-state index contributed by atoms with van der Waals surface area (Å²) >= 11 is 4.18. The number of hydrogen-bond acceptors (Lipinski definition) is 6. The molecule has 1 amide bonds. The number of amides is 1. The van der Waals surface area contributed by atoms with E-state index in [1.165, 1.54) is 28.8 Å². The van der Waals surface area contributed by atoms with Crippen LogP contribution in [0.15, 0.2) is 56.8 Å². The zero-order chi connectivity index (χ0) is 24.4. The van der Waals surface area contributed by atoms with Gasteiger partial charge in [-0.25, -0.2) is 14.2 Å². The van der Waals surface area contributed by atoms with E-state index in [2.05, 4.69) is 26.2 Å². The van der Waals surface area contributed by atoms with E-state index < -0.39 is 17.1 Å². The van der Waals surface area contributed by atoms with Gasteiger partial charge in [0.25, 0.3) is 11.5 Å². The van der Waals surface area contributed by atoms with Crippen molar-refractivity contribution in [3.63, 3.8) is 0 Å². The average molecular weight is 547 g/mol. The molecule has 0 fully saturated rings. The molecule has 176 valence electrons. The Morgan fingerprint density at radius 2 is 2.03 bits per heavy atom. The Hall–Kier alpha value is -3.31. The van der Waals surface area contributed by atoms with Crippen LogP contribution in [-0.2, 0) is 13.1 Å². The fourth-order valence-corrected chi connectivity index (χ4v) is 4.81. The molecule has 1 aromatic carbocycles. The van der Waals surface area contributed by atoms with E-state index in [0.29, 0.717) is 33.3 Å². The molecule has 0 aliphatic rings. The molecule has 4 rings (SSSR count). The first kappa shape index (κ1) is 23.8. The van der Waals surface area contributed by atoms with Crippen molar-refractivity contribution in [1.29, 1.82) is 0 Å². The number of fused-ring (bicyclic) bond motifs is 1. The Balaban J connectivity index is 1.61. The minimum atomic E-state index is -0.572. The molecule has 0 saturated carbocycles. The molecule has 11 heteroatoms. The molecular weight excluding hydrogens is 527 g/mol. The number of ether oxygens (including phenoxy) is 1. The van der Waals surface area contributed by atoms with Crippen LogP contribution in [0.1, 0.15) is 33.3 Å². The van der Waals surface area contributed by atoms with Crippen molar-refractivity contribution in [2.75, 3.05) is 6.61 Å². The Kier molecular flexibility index (Phi) is 6.94. The molecule has 0 saturated heterocycles. The van der Waals surface area contributed by atoms with Gasteiger partial charge in [0.1, 0.15) is 15.5 Å². The first-order valence-corrected chi connectivity index (χ1v) is 11.9. The van der Waals surface area contributed by atoms with Crippen LogP contribution < -0.4 is 21.3 Å². The number of carbonyl (C=O) groups excluding carboxylic acids is 1. The lowest BCUT2D eigenvalue weighted by Gasteiger charge is -2.08. The second-order valence-corrected chi connectivity index (χ2v) is 9.32. The van der Waals surface area contributed by atoms with E-state index in [-0.39, 0.29) is 23.5 Å². The molecule has 0 aliphatic heterocycles. The average Bonchev–Trinajstić information content (AvgIpc) is 3.28. The van der Waals surface area contributed by atoms with E-state index in [4.69, 9.17) is 4.74 Å². The van der Waals surface area contributed by atoms with Gasteiger partial charge >= 0.3 is 5.69 Å². The third-order valence-corrected chi connectivity index (χ3v) is 6.90. The van der Waals surface area contributed by atoms with Gasteiger partial charge in [0.15, 0.2) is 0 Å². The molecule has 0 radical (unpaired) electrons. The van der Waals surface area contributed by atoms with Gasteiger partial charge in [-0.15, -0.1) is 11.3 Å². The number of halogens is 2. The lowest BCUT2D eigenvalue weighted by Crippen LogP contribution is -2.38. The van der Waals surface area contributed by atoms with Crippen molar-refractivity contribution >= 4 is 38.0 Å². The summed E-state index contributed by atoms with van der Waals surface area (Å²) in [5.41, 5.74) is 0.715. The van der Waals surface area contributed by atoms with Gasteiger partial charge in [0.05, 0.1) is 17.6 Å². The summed E-state index contributed by atoms with van der Waals surface area (Å²) in [6.45, 7) is 4.17. The Morgan fingerprint density at radius 1 is 1.24 bits per heavy atom. The highest BCUT2D eigenvalue weighted by Gasteiger charge is 2.18. The van der Waals surface area contributed by atoms with Crippen molar-refractivity contribution in [3.05, 3.63) is 95.4 Å². The topological polar surface area (TPSA) is 94.7 Å². The van der Waals surface area contributed by atoms with Crippen molar-refractivity contribution < 1.29 is 13.9 Å². The number of hydrogen-bond donors (Lipinski definition) is 1. The normalized spacial score (nSPS) is 11.1. The molecule has 0 atom stereocenters. The number of aryl methyl sites for hydroxylation is 1. The first-order valence-electron chi connectivity index (χ1n) is 10.3. The van der Waals surface area contributed by atoms with Gasteiger partial charge in [-0.1, -0.05) is 6.07 Å². The molecule has 3 aromatic heterocycles. The minimum Gasteiger partial charge on any atom is -0.478 e. The highest BCUT2D eigenvalue weighted by molar-refractivity contribution is 9.10. The SMILES string of the molecule is CCOc1cc(CNC(=O)c2cn3c(=O)n(Cc4ccc(F)c(Br)c4)c(=O)c(C)c3s2)ccn1. The number of carbonyl (C=O) groups is 1. The van der Waals surface area contributed by atoms with Gasteiger partial charge in [0, 0.05) is 30.6 Å². The maximum absolute atomic E-state index is 13.5. The second-order valence-electron chi connectivity index (χ2n) is 7.44. The zero-order valence-electron chi connectivity index (χ0n) is 18.3. The summed E-state index contributed by atoms with van der Waals surface area (Å²) in [5.74, 6) is -0.337. The first-order chi connectivity index (χ1) is 16.3. The predicted octanol–water partition coefficient (Wildman–Crippen LogP) is 3.50. The monoisotopic (exact) mass is 546 g/mol. The van der Waals surface area contributed by atoms with Gasteiger partial charge in [-0.05, 0) is 59.1 Å². The molecule has 0 spiro atoms. The van der Waals surface area contributed by atoms with Crippen LogP contribution in [0.2, 0.25) is 0 Å². The smallest absolute Gasteiger partial charge is 0.336 e. The third-order valence-electron chi connectivity index (χ3n) is 5.09. The number of nitrogens with one attached hydrogen (secondary N) is 1. The van der Waals surface area contributed by atoms with Crippen molar-refractivity contribution in [1.82, 2.24) is 19.3 Å². The summed E-state index contributed by atoms with van der Waals surface area (Å²) in [6, 6.07) is 7.81. The molecule has 4 aromatic rings. The molecule has 1 N–H and O–H groups in total. The van der Waals surface area contributed by atoms with Crippen molar-refractivity contribution in [3.8, 4) is 5.88 Å². The second kappa shape index (κ2) is 9.90. The summed E-state index contributed by atoms with van der Waals surface area (Å²) in [7, 11) is 0. The van der Waals surface area contributed by atoms with Crippen LogP contribution in [0.5, 0.6) is 5.88 Å². The number of nitrogens with zero attached hydrogens (tertiary/aromatic N) is 3. The lowest BCUT2D eigenvalue weighted by molar-refractivity contribution is 0.0954. The molecular formula is C23H20BrFN4O4S.